The number of ether oxygens (including phenoxy) is 4. The Morgan fingerprint density at radius 3 is 2.72 bits per heavy atom. The zero-order chi connectivity index (χ0) is 13.0. The van der Waals surface area contributed by atoms with Gasteiger partial charge in [0.15, 0.2) is 5.79 Å². The highest BCUT2D eigenvalue weighted by atomic mass is 16.7. The van der Waals surface area contributed by atoms with Crippen molar-refractivity contribution < 1.29 is 18.9 Å². The van der Waals surface area contributed by atoms with Crippen molar-refractivity contribution >= 4 is 0 Å². The first-order chi connectivity index (χ1) is 8.69. The van der Waals surface area contributed by atoms with E-state index in [1.807, 2.05) is 14.0 Å². The van der Waals surface area contributed by atoms with Crippen molar-refractivity contribution in [2.24, 2.45) is 0 Å². The minimum Gasteiger partial charge on any atom is -0.382 e. The third kappa shape index (κ3) is 3.22. The largest absolute Gasteiger partial charge is 0.382 e. The molecule has 0 amide bonds. The molecule has 1 spiro atoms. The van der Waals surface area contributed by atoms with Gasteiger partial charge in [0.1, 0.15) is 0 Å². The van der Waals surface area contributed by atoms with E-state index >= 15 is 0 Å². The average Bonchev–Trinajstić information content (AvgIpc) is 2.78. The second-order valence-corrected chi connectivity index (χ2v) is 5.19. The summed E-state index contributed by atoms with van der Waals surface area (Å²) in [6.07, 6.45) is 2.96. The van der Waals surface area contributed by atoms with Crippen molar-refractivity contribution in [1.82, 2.24) is 5.32 Å². The minimum atomic E-state index is -0.398. The number of rotatable bonds is 5. The highest BCUT2D eigenvalue weighted by Gasteiger charge is 2.45. The topological polar surface area (TPSA) is 49.0 Å². The Morgan fingerprint density at radius 1 is 1.39 bits per heavy atom. The molecule has 2 aliphatic rings. The number of hydrogen-bond donors (Lipinski definition) is 1. The van der Waals surface area contributed by atoms with Gasteiger partial charge in [0, 0.05) is 26.0 Å². The molecule has 3 unspecified atom stereocenters. The van der Waals surface area contributed by atoms with Crippen molar-refractivity contribution in [3.05, 3.63) is 0 Å². The molecule has 0 aromatic carbocycles. The van der Waals surface area contributed by atoms with Gasteiger partial charge in [-0.1, -0.05) is 0 Å². The minimum absolute atomic E-state index is 0.0902. The maximum atomic E-state index is 6.07. The third-order valence-electron chi connectivity index (χ3n) is 3.79. The Morgan fingerprint density at radius 2 is 2.11 bits per heavy atom. The molecule has 2 rings (SSSR count). The van der Waals surface area contributed by atoms with Gasteiger partial charge < -0.3 is 24.3 Å². The molecule has 0 aromatic rings. The fraction of sp³-hybridized carbons (Fsp3) is 1.00. The molecule has 0 radical (unpaired) electrons. The Balaban J connectivity index is 1.94. The van der Waals surface area contributed by atoms with Crippen LogP contribution in [0.1, 0.15) is 26.2 Å². The molecule has 0 bridgehead atoms. The summed E-state index contributed by atoms with van der Waals surface area (Å²) in [5, 5.41) is 3.33. The predicted octanol–water partition coefficient (Wildman–Crippen LogP) is 0.921. The van der Waals surface area contributed by atoms with E-state index in [1.165, 1.54) is 0 Å². The molecule has 5 heteroatoms. The molecule has 1 heterocycles. The zero-order valence-corrected chi connectivity index (χ0v) is 11.6. The average molecular weight is 259 g/mol. The molecule has 1 saturated heterocycles. The van der Waals surface area contributed by atoms with Gasteiger partial charge in [0.2, 0.25) is 0 Å². The van der Waals surface area contributed by atoms with E-state index in [-0.39, 0.29) is 12.2 Å². The van der Waals surface area contributed by atoms with Gasteiger partial charge in [0.25, 0.3) is 0 Å². The van der Waals surface area contributed by atoms with Gasteiger partial charge in [-0.25, -0.2) is 0 Å². The zero-order valence-electron chi connectivity index (χ0n) is 11.6. The SMILES string of the molecule is CNC1CCC2(CC1OC(C)COC)OCCO2. The van der Waals surface area contributed by atoms with Crippen LogP contribution in [-0.2, 0) is 18.9 Å². The summed E-state index contributed by atoms with van der Waals surface area (Å²) >= 11 is 0. The predicted molar refractivity (Wildman–Crippen MR) is 67.5 cm³/mol. The fourth-order valence-electron chi connectivity index (χ4n) is 2.92. The van der Waals surface area contributed by atoms with E-state index in [1.54, 1.807) is 7.11 Å². The van der Waals surface area contributed by atoms with Crippen molar-refractivity contribution in [2.75, 3.05) is 34.0 Å². The van der Waals surface area contributed by atoms with E-state index < -0.39 is 5.79 Å². The van der Waals surface area contributed by atoms with E-state index in [4.69, 9.17) is 18.9 Å². The Bertz CT molecular complexity index is 255. The number of methoxy groups -OCH3 is 1. The van der Waals surface area contributed by atoms with Crippen LogP contribution in [0.25, 0.3) is 0 Å². The summed E-state index contributed by atoms with van der Waals surface area (Å²) < 4.78 is 22.8. The van der Waals surface area contributed by atoms with Crippen molar-refractivity contribution in [2.45, 2.75) is 50.2 Å². The standard InChI is InChI=1S/C13H25NO4/c1-10(9-15-3)18-12-8-13(16-6-7-17-13)5-4-11(12)14-2/h10-12,14H,4-9H2,1-3H3. The molecule has 3 atom stereocenters. The van der Waals surface area contributed by atoms with Gasteiger partial charge in [-0.05, 0) is 20.4 Å². The highest BCUT2D eigenvalue weighted by molar-refractivity contribution is 4.92. The summed E-state index contributed by atoms with van der Waals surface area (Å²) in [7, 11) is 3.68. The summed E-state index contributed by atoms with van der Waals surface area (Å²) in [5.74, 6) is -0.398. The molecule has 5 nitrogen and oxygen atoms in total. The first-order valence-electron chi connectivity index (χ1n) is 6.79. The first-order valence-corrected chi connectivity index (χ1v) is 6.79. The maximum absolute atomic E-state index is 6.07. The van der Waals surface area contributed by atoms with Gasteiger partial charge >= 0.3 is 0 Å². The lowest BCUT2D eigenvalue weighted by Crippen LogP contribution is -2.52. The van der Waals surface area contributed by atoms with Crippen LogP contribution < -0.4 is 5.32 Å². The van der Waals surface area contributed by atoms with Crippen molar-refractivity contribution in [3.8, 4) is 0 Å². The second kappa shape index (κ2) is 6.30. The molecule has 1 aliphatic heterocycles. The molecule has 106 valence electrons. The molecule has 1 N–H and O–H groups in total. The van der Waals surface area contributed by atoms with Gasteiger partial charge in [-0.3, -0.25) is 0 Å². The van der Waals surface area contributed by atoms with Crippen LogP contribution in [-0.4, -0.2) is 58.0 Å². The van der Waals surface area contributed by atoms with E-state index in [2.05, 4.69) is 5.32 Å². The van der Waals surface area contributed by atoms with Crippen LogP contribution in [0.3, 0.4) is 0 Å². The second-order valence-electron chi connectivity index (χ2n) is 5.19. The van der Waals surface area contributed by atoms with Crippen LogP contribution in [0, 0.1) is 0 Å². The van der Waals surface area contributed by atoms with E-state index in [0.717, 1.165) is 19.3 Å². The molecule has 2 fully saturated rings. The van der Waals surface area contributed by atoms with Crippen LogP contribution >= 0.6 is 0 Å². The first kappa shape index (κ1) is 14.2. The summed E-state index contributed by atoms with van der Waals surface area (Å²) in [4.78, 5) is 0. The lowest BCUT2D eigenvalue weighted by Gasteiger charge is -2.41. The molecule has 1 saturated carbocycles. The van der Waals surface area contributed by atoms with Gasteiger partial charge in [-0.15, -0.1) is 0 Å². The highest BCUT2D eigenvalue weighted by Crippen LogP contribution is 2.37. The Labute approximate surface area is 109 Å². The summed E-state index contributed by atoms with van der Waals surface area (Å²) in [6, 6.07) is 0.364. The maximum Gasteiger partial charge on any atom is 0.171 e. The van der Waals surface area contributed by atoms with Crippen LogP contribution in [0.4, 0.5) is 0 Å². The van der Waals surface area contributed by atoms with Crippen LogP contribution in [0.2, 0.25) is 0 Å². The van der Waals surface area contributed by atoms with E-state index in [9.17, 15) is 0 Å². The van der Waals surface area contributed by atoms with Crippen molar-refractivity contribution in [3.63, 3.8) is 0 Å². The number of nitrogens with one attached hydrogen (secondary N) is 1. The number of hydrogen-bond acceptors (Lipinski definition) is 5. The van der Waals surface area contributed by atoms with Crippen LogP contribution in [0.5, 0.6) is 0 Å². The Hall–Kier alpha value is -0.200. The molecule has 18 heavy (non-hydrogen) atoms. The molecular weight excluding hydrogens is 234 g/mol. The quantitative estimate of drug-likeness (QED) is 0.795. The lowest BCUT2D eigenvalue weighted by molar-refractivity contribution is -0.213. The third-order valence-corrected chi connectivity index (χ3v) is 3.79. The fourth-order valence-corrected chi connectivity index (χ4v) is 2.92. The smallest absolute Gasteiger partial charge is 0.171 e. The monoisotopic (exact) mass is 259 g/mol. The molecule has 0 aromatic heterocycles. The van der Waals surface area contributed by atoms with Crippen LogP contribution in [0.15, 0.2) is 0 Å². The van der Waals surface area contributed by atoms with Gasteiger partial charge in [-0.2, -0.15) is 0 Å². The Kier molecular flexibility index (Phi) is 4.98. The lowest BCUT2D eigenvalue weighted by atomic mass is 9.87. The van der Waals surface area contributed by atoms with Gasteiger partial charge in [0.05, 0.1) is 32.0 Å². The summed E-state index contributed by atoms with van der Waals surface area (Å²) in [5.41, 5.74) is 0. The normalized spacial score (nSPS) is 32.8. The number of likely N-dealkylation sites (N-methyl/N-ethyl adjacent to an activating group) is 1. The molecular formula is C13H25NO4. The molecule has 1 aliphatic carbocycles. The summed E-state index contributed by atoms with van der Waals surface area (Å²) in [6.45, 7) is 4.05. The van der Waals surface area contributed by atoms with Crippen molar-refractivity contribution in [1.29, 1.82) is 0 Å². The van der Waals surface area contributed by atoms with E-state index in [0.29, 0.717) is 25.9 Å².